The van der Waals surface area contributed by atoms with Gasteiger partial charge in [0, 0.05) is 18.7 Å². The fourth-order valence-electron chi connectivity index (χ4n) is 2.15. The molecule has 2 aromatic rings. The Morgan fingerprint density at radius 2 is 1.82 bits per heavy atom. The predicted molar refractivity (Wildman–Crippen MR) is 90.6 cm³/mol. The number of para-hydroxylation sites is 2. The highest BCUT2D eigenvalue weighted by Gasteiger charge is 2.04. The predicted octanol–water partition coefficient (Wildman–Crippen LogP) is 3.70. The SMILES string of the molecule is CCc1ccc(NC(=O)CCNc2ccccc2OC)cc1. The van der Waals surface area contributed by atoms with Crippen LogP contribution in [0.4, 0.5) is 11.4 Å². The summed E-state index contributed by atoms with van der Waals surface area (Å²) in [4.78, 5) is 11.9. The van der Waals surface area contributed by atoms with Gasteiger partial charge in [0.25, 0.3) is 0 Å². The van der Waals surface area contributed by atoms with Crippen LogP contribution in [0.2, 0.25) is 0 Å². The van der Waals surface area contributed by atoms with Gasteiger partial charge in [0.1, 0.15) is 5.75 Å². The second-order valence-electron chi connectivity index (χ2n) is 4.98. The maximum absolute atomic E-state index is 11.9. The Morgan fingerprint density at radius 1 is 1.09 bits per heavy atom. The number of rotatable bonds is 7. The van der Waals surface area contributed by atoms with Crippen LogP contribution in [0.25, 0.3) is 0 Å². The van der Waals surface area contributed by atoms with Crippen molar-refractivity contribution in [1.82, 2.24) is 0 Å². The fraction of sp³-hybridized carbons (Fsp3) is 0.278. The van der Waals surface area contributed by atoms with Crippen LogP contribution >= 0.6 is 0 Å². The molecular formula is C18H22N2O2. The smallest absolute Gasteiger partial charge is 0.226 e. The summed E-state index contributed by atoms with van der Waals surface area (Å²) < 4.78 is 5.26. The lowest BCUT2D eigenvalue weighted by atomic mass is 10.1. The summed E-state index contributed by atoms with van der Waals surface area (Å²) in [5, 5.41) is 6.11. The number of carbonyl (C=O) groups excluding carboxylic acids is 1. The Balaban J connectivity index is 1.80. The lowest BCUT2D eigenvalue weighted by Crippen LogP contribution is -2.16. The van der Waals surface area contributed by atoms with Crippen molar-refractivity contribution in [3.05, 3.63) is 54.1 Å². The van der Waals surface area contributed by atoms with E-state index >= 15 is 0 Å². The zero-order valence-corrected chi connectivity index (χ0v) is 13.1. The van der Waals surface area contributed by atoms with Crippen molar-refractivity contribution in [2.45, 2.75) is 19.8 Å². The Kier molecular flexibility index (Phi) is 5.83. The molecule has 2 aromatic carbocycles. The number of carbonyl (C=O) groups is 1. The average molecular weight is 298 g/mol. The lowest BCUT2D eigenvalue weighted by Gasteiger charge is -2.11. The van der Waals surface area contributed by atoms with Gasteiger partial charge in [-0.05, 0) is 36.2 Å². The number of nitrogens with one attached hydrogen (secondary N) is 2. The van der Waals surface area contributed by atoms with Gasteiger partial charge in [0.05, 0.1) is 12.8 Å². The van der Waals surface area contributed by atoms with Crippen molar-refractivity contribution in [3.63, 3.8) is 0 Å². The van der Waals surface area contributed by atoms with Crippen molar-refractivity contribution in [3.8, 4) is 5.75 Å². The zero-order valence-electron chi connectivity index (χ0n) is 13.1. The maximum Gasteiger partial charge on any atom is 0.226 e. The molecule has 1 amide bonds. The first-order valence-corrected chi connectivity index (χ1v) is 7.48. The van der Waals surface area contributed by atoms with E-state index in [1.54, 1.807) is 7.11 Å². The number of ether oxygens (including phenoxy) is 1. The van der Waals surface area contributed by atoms with E-state index in [9.17, 15) is 4.79 Å². The van der Waals surface area contributed by atoms with E-state index in [4.69, 9.17) is 4.74 Å². The number of benzene rings is 2. The van der Waals surface area contributed by atoms with Crippen molar-refractivity contribution >= 4 is 17.3 Å². The molecule has 4 heteroatoms. The van der Waals surface area contributed by atoms with Crippen molar-refractivity contribution in [2.75, 3.05) is 24.3 Å². The first kappa shape index (κ1) is 15.9. The molecule has 0 heterocycles. The third-order valence-corrected chi connectivity index (χ3v) is 3.42. The van der Waals surface area contributed by atoms with E-state index in [0.717, 1.165) is 23.5 Å². The molecule has 0 atom stereocenters. The molecule has 116 valence electrons. The monoisotopic (exact) mass is 298 g/mol. The van der Waals surface area contributed by atoms with Crippen LogP contribution in [-0.4, -0.2) is 19.6 Å². The molecule has 0 saturated heterocycles. The molecule has 0 radical (unpaired) electrons. The first-order chi connectivity index (χ1) is 10.7. The topological polar surface area (TPSA) is 50.4 Å². The summed E-state index contributed by atoms with van der Waals surface area (Å²) >= 11 is 0. The van der Waals surface area contributed by atoms with Crippen molar-refractivity contribution < 1.29 is 9.53 Å². The molecule has 2 N–H and O–H groups in total. The average Bonchev–Trinajstić information content (AvgIpc) is 2.56. The van der Waals surface area contributed by atoms with Gasteiger partial charge in [-0.3, -0.25) is 4.79 Å². The number of methoxy groups -OCH3 is 1. The van der Waals surface area contributed by atoms with Gasteiger partial charge in [-0.1, -0.05) is 31.2 Å². The Bertz CT molecular complexity index is 609. The van der Waals surface area contributed by atoms with Gasteiger partial charge < -0.3 is 15.4 Å². The Labute approximate surface area is 131 Å². The second-order valence-corrected chi connectivity index (χ2v) is 4.98. The van der Waals surface area contributed by atoms with E-state index in [-0.39, 0.29) is 5.91 Å². The van der Waals surface area contributed by atoms with Gasteiger partial charge in [-0.2, -0.15) is 0 Å². The molecule has 0 bridgehead atoms. The zero-order chi connectivity index (χ0) is 15.8. The number of hydrogen-bond donors (Lipinski definition) is 2. The molecule has 0 aromatic heterocycles. The van der Waals surface area contributed by atoms with Crippen LogP contribution in [0.15, 0.2) is 48.5 Å². The molecule has 22 heavy (non-hydrogen) atoms. The minimum atomic E-state index is -0.00773. The largest absolute Gasteiger partial charge is 0.495 e. The minimum Gasteiger partial charge on any atom is -0.495 e. The van der Waals surface area contributed by atoms with Crippen LogP contribution in [0.3, 0.4) is 0 Å². The van der Waals surface area contributed by atoms with Crippen LogP contribution < -0.4 is 15.4 Å². The number of aryl methyl sites for hydroxylation is 1. The number of hydrogen-bond acceptors (Lipinski definition) is 3. The molecule has 0 saturated carbocycles. The molecule has 0 fully saturated rings. The number of anilines is 2. The molecular weight excluding hydrogens is 276 g/mol. The Morgan fingerprint density at radius 3 is 2.50 bits per heavy atom. The van der Waals surface area contributed by atoms with Gasteiger partial charge in [0.2, 0.25) is 5.91 Å². The Hall–Kier alpha value is -2.49. The molecule has 0 aliphatic heterocycles. The highest BCUT2D eigenvalue weighted by atomic mass is 16.5. The summed E-state index contributed by atoms with van der Waals surface area (Å²) in [6.45, 7) is 2.66. The van der Waals surface area contributed by atoms with Gasteiger partial charge >= 0.3 is 0 Å². The first-order valence-electron chi connectivity index (χ1n) is 7.48. The number of amides is 1. The van der Waals surface area contributed by atoms with E-state index in [1.807, 2.05) is 48.5 Å². The molecule has 2 rings (SSSR count). The van der Waals surface area contributed by atoms with E-state index < -0.39 is 0 Å². The quantitative estimate of drug-likeness (QED) is 0.819. The standard InChI is InChI=1S/C18H22N2O2/c1-3-14-8-10-15(11-9-14)20-18(21)12-13-19-16-6-4-5-7-17(16)22-2/h4-11,19H,3,12-13H2,1-2H3,(H,20,21). The summed E-state index contributed by atoms with van der Waals surface area (Å²) in [6.07, 6.45) is 1.39. The van der Waals surface area contributed by atoms with E-state index in [0.29, 0.717) is 13.0 Å². The highest BCUT2D eigenvalue weighted by Crippen LogP contribution is 2.22. The van der Waals surface area contributed by atoms with Crippen LogP contribution in [0.1, 0.15) is 18.9 Å². The van der Waals surface area contributed by atoms with Gasteiger partial charge in [0.15, 0.2) is 0 Å². The summed E-state index contributed by atoms with van der Waals surface area (Å²) in [7, 11) is 1.63. The molecule has 0 spiro atoms. The third-order valence-electron chi connectivity index (χ3n) is 3.42. The second kappa shape index (κ2) is 8.08. The third kappa shape index (κ3) is 4.52. The molecule has 0 aliphatic carbocycles. The lowest BCUT2D eigenvalue weighted by molar-refractivity contribution is -0.115. The highest BCUT2D eigenvalue weighted by molar-refractivity contribution is 5.91. The van der Waals surface area contributed by atoms with E-state index in [1.165, 1.54) is 5.56 Å². The normalized spacial score (nSPS) is 10.1. The molecule has 4 nitrogen and oxygen atoms in total. The van der Waals surface area contributed by atoms with Crippen LogP contribution in [0, 0.1) is 0 Å². The van der Waals surface area contributed by atoms with Crippen molar-refractivity contribution in [2.24, 2.45) is 0 Å². The fourth-order valence-corrected chi connectivity index (χ4v) is 2.15. The summed E-state index contributed by atoms with van der Waals surface area (Å²) in [6, 6.07) is 15.6. The summed E-state index contributed by atoms with van der Waals surface area (Å²) in [5.41, 5.74) is 2.99. The molecule has 0 aliphatic rings. The minimum absolute atomic E-state index is 0.00773. The van der Waals surface area contributed by atoms with Crippen LogP contribution in [0.5, 0.6) is 5.75 Å². The maximum atomic E-state index is 11.9. The summed E-state index contributed by atoms with van der Waals surface area (Å²) in [5.74, 6) is 0.768. The molecule has 0 unspecified atom stereocenters. The van der Waals surface area contributed by atoms with Gasteiger partial charge in [-0.25, -0.2) is 0 Å². The van der Waals surface area contributed by atoms with Gasteiger partial charge in [-0.15, -0.1) is 0 Å². The van der Waals surface area contributed by atoms with E-state index in [2.05, 4.69) is 17.6 Å². The van der Waals surface area contributed by atoms with Crippen molar-refractivity contribution in [1.29, 1.82) is 0 Å². The van der Waals surface area contributed by atoms with Crippen LogP contribution in [-0.2, 0) is 11.2 Å².